The molecule has 2 heterocycles. The minimum atomic E-state index is -0.809. The Balaban J connectivity index is 1.95. The topological polar surface area (TPSA) is 70.1 Å². The number of rotatable bonds is 2. The van der Waals surface area contributed by atoms with Gasteiger partial charge in [0.25, 0.3) is 0 Å². The number of amides is 2. The predicted molar refractivity (Wildman–Crippen MR) is 68.9 cm³/mol. The van der Waals surface area contributed by atoms with Crippen molar-refractivity contribution in [1.82, 2.24) is 9.80 Å². The molecule has 0 aromatic rings. The molecule has 0 spiro atoms. The van der Waals surface area contributed by atoms with Gasteiger partial charge in [0.2, 0.25) is 0 Å². The van der Waals surface area contributed by atoms with Crippen molar-refractivity contribution in [3.63, 3.8) is 0 Å². The van der Waals surface area contributed by atoms with Crippen LogP contribution in [0.2, 0.25) is 0 Å². The highest BCUT2D eigenvalue weighted by atomic mass is 16.5. The summed E-state index contributed by atoms with van der Waals surface area (Å²) in [4.78, 5) is 26.9. The average molecular weight is 270 g/mol. The number of likely N-dealkylation sites (tertiary alicyclic amines) is 2. The molecule has 0 saturated carbocycles. The van der Waals surface area contributed by atoms with Crippen molar-refractivity contribution in [1.29, 1.82) is 0 Å². The summed E-state index contributed by atoms with van der Waals surface area (Å²) in [6.07, 6.45) is 2.03. The molecule has 1 unspecified atom stereocenters. The fourth-order valence-electron chi connectivity index (χ4n) is 2.95. The normalized spacial score (nSPS) is 31.6. The van der Waals surface area contributed by atoms with Gasteiger partial charge in [-0.1, -0.05) is 6.92 Å². The van der Waals surface area contributed by atoms with Crippen LogP contribution in [0.3, 0.4) is 0 Å². The largest absolute Gasteiger partial charge is 0.481 e. The Hall–Kier alpha value is -1.30. The van der Waals surface area contributed by atoms with Crippen LogP contribution >= 0.6 is 0 Å². The Morgan fingerprint density at radius 1 is 1.21 bits per heavy atom. The Labute approximate surface area is 113 Å². The Kier molecular flexibility index (Phi) is 4.29. The van der Waals surface area contributed by atoms with Crippen LogP contribution in [-0.4, -0.2) is 66.3 Å². The second-order valence-corrected chi connectivity index (χ2v) is 5.56. The maximum Gasteiger partial charge on any atom is 0.320 e. The van der Waals surface area contributed by atoms with Crippen LogP contribution in [0.5, 0.6) is 0 Å². The molecule has 0 bridgehead atoms. The summed E-state index contributed by atoms with van der Waals surface area (Å²) in [5.74, 6) is -1.23. The van der Waals surface area contributed by atoms with Crippen molar-refractivity contribution < 1.29 is 19.4 Å². The Morgan fingerprint density at radius 3 is 2.53 bits per heavy atom. The molecule has 108 valence electrons. The predicted octanol–water partition coefficient (Wildman–Crippen LogP) is 0.870. The highest BCUT2D eigenvalue weighted by molar-refractivity contribution is 5.78. The quantitative estimate of drug-likeness (QED) is 0.808. The standard InChI is InChI=1S/C13H22N2O4/c1-9-6-15(8-11(9)12(16)17)13(18)14-5-3-4-10(7-14)19-2/h9-11H,3-8H2,1-2H3,(H,16,17)/t9-,10?,11-/m1/s1. The molecule has 3 atom stereocenters. The van der Waals surface area contributed by atoms with E-state index in [9.17, 15) is 9.59 Å². The summed E-state index contributed by atoms with van der Waals surface area (Å²) in [5.41, 5.74) is 0. The molecule has 0 radical (unpaired) electrons. The van der Waals surface area contributed by atoms with Crippen LogP contribution in [0.4, 0.5) is 4.79 Å². The minimum absolute atomic E-state index is 0.0180. The number of hydrogen-bond acceptors (Lipinski definition) is 3. The van der Waals surface area contributed by atoms with E-state index >= 15 is 0 Å². The van der Waals surface area contributed by atoms with E-state index in [-0.39, 0.29) is 18.1 Å². The molecular formula is C13H22N2O4. The number of urea groups is 1. The number of carboxylic acid groups (broad SMARTS) is 1. The zero-order valence-corrected chi connectivity index (χ0v) is 11.5. The first-order chi connectivity index (χ1) is 9.02. The molecular weight excluding hydrogens is 248 g/mol. The smallest absolute Gasteiger partial charge is 0.320 e. The third-order valence-electron chi connectivity index (χ3n) is 4.18. The summed E-state index contributed by atoms with van der Waals surface area (Å²) in [6.45, 7) is 4.09. The van der Waals surface area contributed by atoms with Gasteiger partial charge in [0.15, 0.2) is 0 Å². The summed E-state index contributed by atoms with van der Waals surface area (Å²) in [6, 6.07) is -0.0441. The molecule has 0 aromatic heterocycles. The van der Waals surface area contributed by atoms with Gasteiger partial charge >= 0.3 is 12.0 Å². The van der Waals surface area contributed by atoms with Gasteiger partial charge in [-0.05, 0) is 18.8 Å². The lowest BCUT2D eigenvalue weighted by Gasteiger charge is -2.34. The Morgan fingerprint density at radius 2 is 1.95 bits per heavy atom. The van der Waals surface area contributed by atoms with Crippen molar-refractivity contribution in [2.24, 2.45) is 11.8 Å². The maximum atomic E-state index is 12.4. The average Bonchev–Trinajstić information content (AvgIpc) is 2.80. The van der Waals surface area contributed by atoms with E-state index in [0.717, 1.165) is 19.4 Å². The second-order valence-electron chi connectivity index (χ2n) is 5.56. The van der Waals surface area contributed by atoms with Crippen LogP contribution in [0.1, 0.15) is 19.8 Å². The second kappa shape index (κ2) is 5.77. The lowest BCUT2D eigenvalue weighted by molar-refractivity contribution is -0.142. The van der Waals surface area contributed by atoms with Crippen LogP contribution in [0.25, 0.3) is 0 Å². The number of ether oxygens (including phenoxy) is 1. The number of nitrogens with zero attached hydrogens (tertiary/aromatic N) is 2. The van der Waals surface area contributed by atoms with Gasteiger partial charge in [0.05, 0.1) is 12.0 Å². The first-order valence-electron chi connectivity index (χ1n) is 6.82. The summed E-state index contributed by atoms with van der Waals surface area (Å²) in [7, 11) is 1.66. The summed E-state index contributed by atoms with van der Waals surface area (Å²) >= 11 is 0. The van der Waals surface area contributed by atoms with Gasteiger partial charge in [0, 0.05) is 33.3 Å². The van der Waals surface area contributed by atoms with Crippen molar-refractivity contribution in [3.8, 4) is 0 Å². The molecule has 2 fully saturated rings. The molecule has 0 aromatic carbocycles. The van der Waals surface area contributed by atoms with Gasteiger partial charge in [-0.2, -0.15) is 0 Å². The molecule has 1 N–H and O–H groups in total. The number of methoxy groups -OCH3 is 1. The lowest BCUT2D eigenvalue weighted by atomic mass is 9.99. The summed E-state index contributed by atoms with van der Waals surface area (Å²) < 4.78 is 5.31. The van der Waals surface area contributed by atoms with Crippen LogP contribution < -0.4 is 0 Å². The van der Waals surface area contributed by atoms with E-state index in [1.165, 1.54) is 0 Å². The lowest BCUT2D eigenvalue weighted by Crippen LogP contribution is -2.48. The minimum Gasteiger partial charge on any atom is -0.481 e. The van der Waals surface area contributed by atoms with Crippen LogP contribution in [0, 0.1) is 11.8 Å². The Bertz CT molecular complexity index is 361. The van der Waals surface area contributed by atoms with Crippen molar-refractivity contribution in [2.75, 3.05) is 33.3 Å². The van der Waals surface area contributed by atoms with E-state index in [1.807, 2.05) is 6.92 Å². The van der Waals surface area contributed by atoms with E-state index in [4.69, 9.17) is 9.84 Å². The van der Waals surface area contributed by atoms with Gasteiger partial charge in [-0.3, -0.25) is 4.79 Å². The molecule has 6 heteroatoms. The third kappa shape index (κ3) is 3.00. The number of carbonyl (C=O) groups is 2. The van der Waals surface area contributed by atoms with Gasteiger partial charge in [-0.25, -0.2) is 4.79 Å². The van der Waals surface area contributed by atoms with Crippen molar-refractivity contribution >= 4 is 12.0 Å². The number of hydrogen-bond donors (Lipinski definition) is 1. The van der Waals surface area contributed by atoms with E-state index in [2.05, 4.69) is 0 Å². The molecule has 2 aliphatic rings. The first-order valence-corrected chi connectivity index (χ1v) is 6.82. The highest BCUT2D eigenvalue weighted by Crippen LogP contribution is 2.25. The fraction of sp³-hybridized carbons (Fsp3) is 0.846. The van der Waals surface area contributed by atoms with Gasteiger partial charge < -0.3 is 19.6 Å². The number of piperidine rings is 1. The summed E-state index contributed by atoms with van der Waals surface area (Å²) in [5, 5.41) is 9.10. The number of carbonyl (C=O) groups excluding carboxylic acids is 1. The number of aliphatic carboxylic acids is 1. The van der Waals surface area contributed by atoms with E-state index < -0.39 is 11.9 Å². The number of carboxylic acids is 1. The molecule has 2 saturated heterocycles. The van der Waals surface area contributed by atoms with Crippen molar-refractivity contribution in [3.05, 3.63) is 0 Å². The first kappa shape index (κ1) is 14.1. The maximum absolute atomic E-state index is 12.4. The van der Waals surface area contributed by atoms with Crippen LogP contribution in [0.15, 0.2) is 0 Å². The van der Waals surface area contributed by atoms with Gasteiger partial charge in [0.1, 0.15) is 0 Å². The monoisotopic (exact) mass is 270 g/mol. The molecule has 2 aliphatic heterocycles. The molecule has 2 rings (SSSR count). The molecule has 0 aliphatic carbocycles. The molecule has 6 nitrogen and oxygen atoms in total. The van der Waals surface area contributed by atoms with Crippen molar-refractivity contribution in [2.45, 2.75) is 25.9 Å². The fourth-order valence-corrected chi connectivity index (χ4v) is 2.95. The van der Waals surface area contributed by atoms with Gasteiger partial charge in [-0.15, -0.1) is 0 Å². The molecule has 2 amide bonds. The van der Waals surface area contributed by atoms with Crippen LogP contribution in [-0.2, 0) is 9.53 Å². The molecule has 19 heavy (non-hydrogen) atoms. The van der Waals surface area contributed by atoms with E-state index in [0.29, 0.717) is 19.6 Å². The zero-order chi connectivity index (χ0) is 14.0. The SMILES string of the molecule is COC1CCCN(C(=O)N2C[C@@H](C)[C@H](C(=O)O)C2)C1. The van der Waals surface area contributed by atoms with E-state index in [1.54, 1.807) is 16.9 Å². The third-order valence-corrected chi connectivity index (χ3v) is 4.18. The highest BCUT2D eigenvalue weighted by Gasteiger charge is 2.39. The zero-order valence-electron chi connectivity index (χ0n) is 11.5.